The molecule has 2 aromatic carbocycles. The first kappa shape index (κ1) is 28.3. The summed E-state index contributed by atoms with van der Waals surface area (Å²) in [7, 11) is 0. The number of imidazole rings is 1. The van der Waals surface area contributed by atoms with Crippen molar-refractivity contribution in [1.82, 2.24) is 14.7 Å². The summed E-state index contributed by atoms with van der Waals surface area (Å²) in [5, 5.41) is 3.46. The summed E-state index contributed by atoms with van der Waals surface area (Å²) in [6.07, 6.45) is -1.40. The quantitative estimate of drug-likeness (QED) is 0.290. The second-order valence-electron chi connectivity index (χ2n) is 9.23. The molecule has 2 aromatic heterocycles. The minimum atomic E-state index is -4.36. The van der Waals surface area contributed by atoms with E-state index in [1.165, 1.54) is 21.8 Å². The summed E-state index contributed by atoms with van der Waals surface area (Å²) in [5.74, 6) is 0. The molecule has 206 valence electrons. The van der Waals surface area contributed by atoms with Crippen molar-refractivity contribution >= 4 is 35.0 Å². The number of pyridine rings is 1. The van der Waals surface area contributed by atoms with Crippen LogP contribution in [0.5, 0.6) is 0 Å². The number of fused-ring (bicyclic) bond motifs is 1. The lowest BCUT2D eigenvalue weighted by molar-refractivity contribution is -0.136. The van der Waals surface area contributed by atoms with E-state index in [0.29, 0.717) is 18.7 Å². The van der Waals surface area contributed by atoms with Crippen molar-refractivity contribution in [3.05, 3.63) is 94.4 Å². The van der Waals surface area contributed by atoms with E-state index in [1.54, 1.807) is 13.1 Å². The molecule has 1 aliphatic rings. The lowest BCUT2D eigenvalue weighted by Gasteiger charge is -2.37. The van der Waals surface area contributed by atoms with Crippen LogP contribution in [0.25, 0.3) is 5.65 Å². The molecule has 1 N–H and O–H groups in total. The number of aromatic nitrogens is 2. The van der Waals surface area contributed by atoms with Crippen LogP contribution >= 0.6 is 11.6 Å². The Morgan fingerprint density at radius 3 is 2.03 bits per heavy atom. The number of aryl methyl sites for hydroxylation is 2. The molecule has 0 aliphatic carbocycles. The molecule has 6 nitrogen and oxygen atoms in total. The number of carbonyl (C=O) groups excluding carboxylic acids is 1. The third-order valence-corrected chi connectivity index (χ3v) is 7.04. The maximum atomic E-state index is 12.7. The zero-order valence-electron chi connectivity index (χ0n) is 21.9. The van der Waals surface area contributed by atoms with Crippen LogP contribution < -0.4 is 15.1 Å². The minimum Gasteiger partial charge on any atom is -0.368 e. The van der Waals surface area contributed by atoms with Crippen molar-refractivity contribution in [1.29, 1.82) is 0 Å². The molecule has 0 spiro atoms. The maximum Gasteiger partial charge on any atom is 0.419 e. The molecule has 0 saturated carbocycles. The van der Waals surface area contributed by atoms with Crippen molar-refractivity contribution in [3.63, 3.8) is 0 Å². The van der Waals surface area contributed by atoms with E-state index in [-0.39, 0.29) is 5.65 Å². The van der Waals surface area contributed by atoms with Crippen LogP contribution in [-0.4, -0.2) is 42.0 Å². The third kappa shape index (κ3) is 6.84. The average molecular weight is 558 g/mol. The van der Waals surface area contributed by atoms with E-state index in [0.717, 1.165) is 54.9 Å². The number of piperazine rings is 1. The molecule has 5 rings (SSSR count). The fourth-order valence-corrected chi connectivity index (χ4v) is 4.77. The molecular weight excluding hydrogens is 527 g/mol. The van der Waals surface area contributed by atoms with Crippen LogP contribution in [0.3, 0.4) is 0 Å². The number of benzene rings is 2. The number of anilines is 2. The van der Waals surface area contributed by atoms with Gasteiger partial charge in [0.2, 0.25) is 6.41 Å². The largest absolute Gasteiger partial charge is 0.419 e. The molecule has 4 aromatic rings. The van der Waals surface area contributed by atoms with Gasteiger partial charge in [0.25, 0.3) is 0 Å². The molecule has 3 heterocycles. The molecule has 10 heteroatoms. The lowest BCUT2D eigenvalue weighted by Crippen LogP contribution is -2.46. The molecule has 0 radical (unpaired) electrons. The van der Waals surface area contributed by atoms with Gasteiger partial charge in [-0.2, -0.15) is 13.2 Å². The Morgan fingerprint density at radius 1 is 0.949 bits per heavy atom. The highest BCUT2D eigenvalue weighted by Crippen LogP contribution is 2.32. The first-order valence-corrected chi connectivity index (χ1v) is 13.1. The summed E-state index contributed by atoms with van der Waals surface area (Å²) in [6.45, 7) is 8.21. The fourth-order valence-electron chi connectivity index (χ4n) is 4.65. The third-order valence-electron chi connectivity index (χ3n) is 6.79. The van der Waals surface area contributed by atoms with Gasteiger partial charge in [-0.3, -0.25) is 4.79 Å². The van der Waals surface area contributed by atoms with E-state index in [4.69, 9.17) is 11.6 Å². The number of halogens is 4. The Kier molecular flexibility index (Phi) is 9.01. The van der Waals surface area contributed by atoms with Crippen LogP contribution in [0.4, 0.5) is 24.5 Å². The Morgan fingerprint density at radius 2 is 1.51 bits per heavy atom. The van der Waals surface area contributed by atoms with Crippen LogP contribution in [0.2, 0.25) is 5.02 Å². The van der Waals surface area contributed by atoms with Crippen molar-refractivity contribution in [2.75, 3.05) is 36.0 Å². The summed E-state index contributed by atoms with van der Waals surface area (Å²) >= 11 is 5.95. The van der Waals surface area contributed by atoms with E-state index in [1.807, 2.05) is 19.1 Å². The van der Waals surface area contributed by atoms with Gasteiger partial charge < -0.3 is 19.5 Å². The molecule has 1 fully saturated rings. The van der Waals surface area contributed by atoms with Crippen LogP contribution in [0.1, 0.15) is 29.4 Å². The fraction of sp³-hybridized carbons (Fsp3) is 0.310. The van der Waals surface area contributed by atoms with Crippen LogP contribution in [0.15, 0.2) is 66.9 Å². The topological polar surface area (TPSA) is 52.9 Å². The highest BCUT2D eigenvalue weighted by molar-refractivity contribution is 6.30. The van der Waals surface area contributed by atoms with Gasteiger partial charge in [-0.1, -0.05) is 30.7 Å². The number of alkyl halides is 3. The number of nitrogens with zero attached hydrogens (tertiary/aromatic N) is 4. The first-order chi connectivity index (χ1) is 18.7. The second-order valence-corrected chi connectivity index (χ2v) is 9.66. The number of amides is 1. The van der Waals surface area contributed by atoms with E-state index < -0.39 is 11.7 Å². The maximum absolute atomic E-state index is 12.7. The number of hydrogen-bond acceptors (Lipinski definition) is 4. The van der Waals surface area contributed by atoms with Crippen molar-refractivity contribution in [2.24, 2.45) is 0 Å². The van der Waals surface area contributed by atoms with Crippen molar-refractivity contribution < 1.29 is 18.0 Å². The monoisotopic (exact) mass is 557 g/mol. The summed E-state index contributed by atoms with van der Waals surface area (Å²) in [4.78, 5) is 19.1. The van der Waals surface area contributed by atoms with Crippen LogP contribution in [-0.2, 0) is 23.9 Å². The van der Waals surface area contributed by atoms with E-state index in [2.05, 4.69) is 56.5 Å². The van der Waals surface area contributed by atoms with Gasteiger partial charge in [0.1, 0.15) is 5.65 Å². The predicted octanol–water partition coefficient (Wildman–Crippen LogP) is 6.14. The Labute approximate surface area is 231 Å². The van der Waals surface area contributed by atoms with Gasteiger partial charge >= 0.3 is 6.18 Å². The van der Waals surface area contributed by atoms with E-state index >= 15 is 0 Å². The molecular formula is C29H31ClF3N5O. The second kappa shape index (κ2) is 12.4. The number of carbonyl (C=O) groups is 1. The first-order valence-electron chi connectivity index (χ1n) is 12.8. The van der Waals surface area contributed by atoms with Gasteiger partial charge in [0.05, 0.1) is 11.3 Å². The molecule has 1 aliphatic heterocycles. The zero-order valence-corrected chi connectivity index (χ0v) is 22.6. The standard InChI is InChI=1S/C18H20ClN3O.C11H11F3N2/c19-16-3-7-18(8-4-16)22-11-9-21(10-12-22)17-5-1-15(2-6-17)13-20-14-23;1-3-9-7(2)16-6-4-5-8(10(16)15-9)11(12,13)14/h1-8,14H,9-13H2,(H,20,23);4-6H,3H2,1-2H3. The van der Waals surface area contributed by atoms with Crippen LogP contribution in [0, 0.1) is 6.92 Å². The average Bonchev–Trinajstić information content (AvgIpc) is 3.28. The molecule has 0 atom stereocenters. The molecule has 0 bridgehead atoms. The Bertz CT molecular complexity index is 1380. The summed E-state index contributed by atoms with van der Waals surface area (Å²) in [5.41, 5.74) is 4.35. The van der Waals surface area contributed by atoms with Gasteiger partial charge in [0, 0.05) is 61.0 Å². The van der Waals surface area contributed by atoms with Gasteiger partial charge in [-0.05, 0) is 67.4 Å². The molecule has 1 amide bonds. The number of rotatable bonds is 6. The number of nitrogens with one attached hydrogen (secondary N) is 1. The Hall–Kier alpha value is -3.72. The molecule has 39 heavy (non-hydrogen) atoms. The SMILES string of the molecule is CCc1nc2c(C(F)(F)F)cccn2c1C.O=CNCc1ccc(N2CCN(c3ccc(Cl)cc3)CC2)cc1. The summed E-state index contributed by atoms with van der Waals surface area (Å²) < 4.78 is 39.6. The van der Waals surface area contributed by atoms with Gasteiger partial charge in [-0.15, -0.1) is 0 Å². The smallest absolute Gasteiger partial charge is 0.368 e. The van der Waals surface area contributed by atoms with Gasteiger partial charge in [-0.25, -0.2) is 4.98 Å². The van der Waals surface area contributed by atoms with Crippen molar-refractivity contribution in [3.8, 4) is 0 Å². The molecule has 1 saturated heterocycles. The Balaban J connectivity index is 0.000000193. The zero-order chi connectivity index (χ0) is 28.0. The highest BCUT2D eigenvalue weighted by Gasteiger charge is 2.34. The summed E-state index contributed by atoms with van der Waals surface area (Å²) in [6, 6.07) is 18.9. The normalized spacial score (nSPS) is 13.7. The molecule has 0 unspecified atom stereocenters. The van der Waals surface area contributed by atoms with E-state index in [9.17, 15) is 18.0 Å². The number of hydrogen-bond donors (Lipinski definition) is 1. The highest BCUT2D eigenvalue weighted by atomic mass is 35.5. The minimum absolute atomic E-state index is 0.00986. The van der Waals surface area contributed by atoms with Gasteiger partial charge in [0.15, 0.2) is 0 Å². The lowest BCUT2D eigenvalue weighted by atomic mass is 10.1. The predicted molar refractivity (Wildman–Crippen MR) is 150 cm³/mol. The van der Waals surface area contributed by atoms with Crippen molar-refractivity contribution in [2.45, 2.75) is 33.0 Å².